The van der Waals surface area contributed by atoms with Crippen molar-refractivity contribution in [3.05, 3.63) is 52.4 Å². The second-order valence-electron chi connectivity index (χ2n) is 9.25. The molecule has 2 atom stereocenters. The van der Waals surface area contributed by atoms with Crippen LogP contribution in [-0.2, 0) is 10.7 Å². The SMILES string of the molecule is CC(C)NCC(C(=O)N1CCN(c2ncnc3c2[C@H](C)CC3(F)F)CC1)c1ccc(Cl)cc1. The van der Waals surface area contributed by atoms with Crippen LogP contribution in [-0.4, -0.2) is 59.5 Å². The van der Waals surface area contributed by atoms with E-state index in [2.05, 4.69) is 15.3 Å². The fourth-order valence-corrected chi connectivity index (χ4v) is 4.85. The molecule has 0 spiro atoms. The van der Waals surface area contributed by atoms with E-state index >= 15 is 0 Å². The highest BCUT2D eigenvalue weighted by Gasteiger charge is 2.47. The van der Waals surface area contributed by atoms with Crippen molar-refractivity contribution >= 4 is 23.3 Å². The van der Waals surface area contributed by atoms with E-state index in [0.29, 0.717) is 49.1 Å². The van der Waals surface area contributed by atoms with Crippen molar-refractivity contribution in [1.82, 2.24) is 20.2 Å². The molecule has 1 unspecified atom stereocenters. The Hall–Kier alpha value is -2.32. The number of halogens is 3. The number of rotatable bonds is 6. The van der Waals surface area contributed by atoms with Gasteiger partial charge >= 0.3 is 0 Å². The number of nitrogens with one attached hydrogen (secondary N) is 1. The molecule has 6 nitrogen and oxygen atoms in total. The molecule has 1 aromatic heterocycles. The van der Waals surface area contributed by atoms with Gasteiger partial charge in [-0.2, -0.15) is 8.78 Å². The van der Waals surface area contributed by atoms with Crippen molar-refractivity contribution in [2.45, 2.75) is 51.0 Å². The van der Waals surface area contributed by atoms with Crippen LogP contribution < -0.4 is 10.2 Å². The standard InChI is InChI=1S/C24H30ClF2N5O/c1-15(2)28-13-19(17-4-6-18(25)7-5-17)23(33)32-10-8-31(9-11-32)22-20-16(3)12-24(26,27)21(20)29-14-30-22/h4-7,14-16,19,28H,8-13H2,1-3H3/t16-,19?/m1/s1. The maximum atomic E-state index is 14.3. The molecule has 1 saturated heterocycles. The second kappa shape index (κ2) is 9.50. The largest absolute Gasteiger partial charge is 0.353 e. The van der Waals surface area contributed by atoms with Crippen LogP contribution in [0.3, 0.4) is 0 Å². The van der Waals surface area contributed by atoms with Crippen molar-refractivity contribution < 1.29 is 13.6 Å². The number of aromatic nitrogens is 2. The molecule has 2 aliphatic rings. The molecule has 178 valence electrons. The van der Waals surface area contributed by atoms with Gasteiger partial charge in [0.15, 0.2) is 0 Å². The van der Waals surface area contributed by atoms with E-state index < -0.39 is 5.92 Å². The summed E-state index contributed by atoms with van der Waals surface area (Å²) in [5.41, 5.74) is 1.31. The quantitative estimate of drug-likeness (QED) is 0.677. The van der Waals surface area contributed by atoms with Gasteiger partial charge in [0.05, 0.1) is 5.92 Å². The summed E-state index contributed by atoms with van der Waals surface area (Å²) in [6.45, 7) is 8.52. The normalized spacial score (nSPS) is 20.8. The lowest BCUT2D eigenvalue weighted by Crippen LogP contribution is -2.51. The Kier molecular flexibility index (Phi) is 6.86. The molecule has 1 aliphatic carbocycles. The predicted octanol–water partition coefficient (Wildman–Crippen LogP) is 4.16. The Labute approximate surface area is 198 Å². The first-order valence-corrected chi connectivity index (χ1v) is 11.8. The molecule has 1 amide bonds. The number of carbonyl (C=O) groups excluding carboxylic acids is 1. The van der Waals surface area contributed by atoms with Gasteiger partial charge in [-0.05, 0) is 23.6 Å². The van der Waals surface area contributed by atoms with Crippen molar-refractivity contribution in [2.75, 3.05) is 37.6 Å². The van der Waals surface area contributed by atoms with Crippen LogP contribution in [0.25, 0.3) is 0 Å². The lowest BCUT2D eigenvalue weighted by atomic mass is 9.96. The maximum absolute atomic E-state index is 14.3. The van der Waals surface area contributed by atoms with Gasteiger partial charge in [0.1, 0.15) is 17.8 Å². The van der Waals surface area contributed by atoms with Crippen LogP contribution in [0.4, 0.5) is 14.6 Å². The molecule has 0 bridgehead atoms. The molecule has 2 heterocycles. The van der Waals surface area contributed by atoms with Crippen molar-refractivity contribution in [1.29, 1.82) is 0 Å². The zero-order valence-electron chi connectivity index (χ0n) is 19.2. The van der Waals surface area contributed by atoms with Gasteiger partial charge in [-0.1, -0.05) is 44.5 Å². The van der Waals surface area contributed by atoms with Gasteiger partial charge in [-0.25, -0.2) is 9.97 Å². The Bertz CT molecular complexity index is 993. The summed E-state index contributed by atoms with van der Waals surface area (Å²) in [7, 11) is 0. The highest BCUT2D eigenvalue weighted by Crippen LogP contribution is 2.49. The maximum Gasteiger partial charge on any atom is 0.290 e. The summed E-state index contributed by atoms with van der Waals surface area (Å²) in [5.74, 6) is -2.91. The molecule has 0 saturated carbocycles. The topological polar surface area (TPSA) is 61.4 Å². The van der Waals surface area contributed by atoms with E-state index in [0.717, 1.165) is 5.56 Å². The van der Waals surface area contributed by atoms with E-state index in [1.165, 1.54) is 6.33 Å². The van der Waals surface area contributed by atoms with E-state index in [1.54, 1.807) is 19.1 Å². The van der Waals surface area contributed by atoms with Gasteiger partial charge in [-0.3, -0.25) is 4.79 Å². The van der Waals surface area contributed by atoms with Gasteiger partial charge < -0.3 is 15.1 Å². The smallest absolute Gasteiger partial charge is 0.290 e. The first kappa shape index (κ1) is 23.8. The minimum absolute atomic E-state index is 0.0536. The lowest BCUT2D eigenvalue weighted by Gasteiger charge is -2.38. The van der Waals surface area contributed by atoms with Crippen molar-refractivity contribution in [3.8, 4) is 0 Å². The highest BCUT2D eigenvalue weighted by molar-refractivity contribution is 6.30. The van der Waals surface area contributed by atoms with E-state index in [9.17, 15) is 13.6 Å². The summed E-state index contributed by atoms with van der Waals surface area (Å²) in [4.78, 5) is 25.6. The third kappa shape index (κ3) is 4.96. The minimum atomic E-state index is -2.92. The van der Waals surface area contributed by atoms with Crippen molar-refractivity contribution in [3.63, 3.8) is 0 Å². The zero-order valence-corrected chi connectivity index (χ0v) is 19.9. The van der Waals surface area contributed by atoms with E-state index in [-0.39, 0.29) is 35.9 Å². The summed E-state index contributed by atoms with van der Waals surface area (Å²) < 4.78 is 28.7. The zero-order chi connectivity index (χ0) is 23.8. The summed E-state index contributed by atoms with van der Waals surface area (Å²) in [6.07, 6.45) is 0.990. The van der Waals surface area contributed by atoms with Crippen LogP contribution in [0.1, 0.15) is 55.8 Å². The molecule has 0 radical (unpaired) electrons. The number of piperazine rings is 1. The number of nitrogens with zero attached hydrogens (tertiary/aromatic N) is 4. The second-order valence-corrected chi connectivity index (χ2v) is 9.69. The van der Waals surface area contributed by atoms with Crippen LogP contribution >= 0.6 is 11.6 Å². The molecule has 4 rings (SSSR count). The Morgan fingerprint density at radius 1 is 1.18 bits per heavy atom. The molecule has 1 aliphatic heterocycles. The molecular formula is C24H30ClF2N5O. The van der Waals surface area contributed by atoms with Gasteiger partial charge in [0, 0.05) is 55.8 Å². The van der Waals surface area contributed by atoms with Gasteiger partial charge in [-0.15, -0.1) is 0 Å². The average Bonchev–Trinajstić information content (AvgIpc) is 3.03. The number of hydrogen-bond donors (Lipinski definition) is 1. The molecule has 2 aromatic rings. The van der Waals surface area contributed by atoms with Gasteiger partial charge in [0.25, 0.3) is 5.92 Å². The molecular weight excluding hydrogens is 448 g/mol. The van der Waals surface area contributed by atoms with E-state index in [4.69, 9.17) is 11.6 Å². The Morgan fingerprint density at radius 2 is 1.85 bits per heavy atom. The first-order chi connectivity index (χ1) is 15.7. The number of anilines is 1. The van der Waals surface area contributed by atoms with Crippen LogP contribution in [0, 0.1) is 0 Å². The number of alkyl halides is 2. The summed E-state index contributed by atoms with van der Waals surface area (Å²) in [6, 6.07) is 7.65. The number of carbonyl (C=O) groups is 1. The molecule has 33 heavy (non-hydrogen) atoms. The van der Waals surface area contributed by atoms with E-state index in [1.807, 2.05) is 35.8 Å². The molecule has 1 N–H and O–H groups in total. The Morgan fingerprint density at radius 3 is 2.48 bits per heavy atom. The summed E-state index contributed by atoms with van der Waals surface area (Å²) >= 11 is 6.04. The minimum Gasteiger partial charge on any atom is -0.353 e. The summed E-state index contributed by atoms with van der Waals surface area (Å²) in [5, 5.41) is 4.01. The monoisotopic (exact) mass is 477 g/mol. The van der Waals surface area contributed by atoms with Gasteiger partial charge in [0.2, 0.25) is 5.91 Å². The third-order valence-corrected chi connectivity index (χ3v) is 6.71. The number of benzene rings is 1. The van der Waals surface area contributed by atoms with Crippen LogP contribution in [0.5, 0.6) is 0 Å². The Balaban J connectivity index is 1.48. The van der Waals surface area contributed by atoms with Crippen LogP contribution in [0.2, 0.25) is 5.02 Å². The molecule has 1 aromatic carbocycles. The average molecular weight is 478 g/mol. The molecule has 1 fully saturated rings. The number of hydrogen-bond acceptors (Lipinski definition) is 5. The highest BCUT2D eigenvalue weighted by atomic mass is 35.5. The predicted molar refractivity (Wildman–Crippen MR) is 125 cm³/mol. The molecule has 9 heteroatoms. The van der Waals surface area contributed by atoms with Crippen molar-refractivity contribution in [2.24, 2.45) is 0 Å². The number of fused-ring (bicyclic) bond motifs is 1. The fraction of sp³-hybridized carbons (Fsp3) is 0.542. The third-order valence-electron chi connectivity index (χ3n) is 6.46. The first-order valence-electron chi connectivity index (χ1n) is 11.4. The lowest BCUT2D eigenvalue weighted by molar-refractivity contribution is -0.133. The number of amides is 1. The fourth-order valence-electron chi connectivity index (χ4n) is 4.72. The van der Waals surface area contributed by atoms with Crippen LogP contribution in [0.15, 0.2) is 30.6 Å².